The Bertz CT molecular complexity index is 2020. The van der Waals surface area contributed by atoms with Crippen LogP contribution in [0.15, 0.2) is 113 Å². The molecule has 0 fully saturated rings. The van der Waals surface area contributed by atoms with E-state index in [9.17, 15) is 31.1 Å². The third kappa shape index (κ3) is 6.96. The number of nitrogens with zero attached hydrogens (tertiary/aromatic N) is 4. The van der Waals surface area contributed by atoms with Crippen LogP contribution in [0.3, 0.4) is 0 Å². The molecule has 14 heteroatoms. The molecule has 0 aliphatic carbocycles. The summed E-state index contributed by atoms with van der Waals surface area (Å²) in [4.78, 5) is 23.3. The van der Waals surface area contributed by atoms with Crippen LogP contribution in [-0.2, 0) is 11.1 Å². The second-order valence-corrected chi connectivity index (χ2v) is 11.4. The normalized spacial score (nSPS) is 18.9. The molecule has 1 aliphatic heterocycles. The quantitative estimate of drug-likeness (QED) is 0.154. The molecule has 8 nitrogen and oxygen atoms in total. The monoisotopic (exact) mass is 679 g/mol. The summed E-state index contributed by atoms with van der Waals surface area (Å²) >= 11 is 0. The lowest BCUT2D eigenvalue weighted by Gasteiger charge is -2.35. The second-order valence-electron chi connectivity index (χ2n) is 11.4. The first-order valence-electron chi connectivity index (χ1n) is 14.9. The topological polar surface area (TPSA) is 124 Å². The summed E-state index contributed by atoms with van der Waals surface area (Å²) in [7, 11) is 0. The van der Waals surface area contributed by atoms with E-state index >= 15 is 0 Å². The van der Waals surface area contributed by atoms with Crippen molar-refractivity contribution in [2.45, 2.75) is 43.6 Å². The Labute approximate surface area is 277 Å². The van der Waals surface area contributed by atoms with Gasteiger partial charge in [0.2, 0.25) is 11.9 Å². The predicted molar refractivity (Wildman–Crippen MR) is 172 cm³/mol. The van der Waals surface area contributed by atoms with Gasteiger partial charge in [0.25, 0.3) is 5.56 Å². The van der Waals surface area contributed by atoms with E-state index in [2.05, 4.69) is 20.3 Å². The first-order chi connectivity index (χ1) is 23.2. The van der Waals surface area contributed by atoms with E-state index in [0.29, 0.717) is 26.8 Å². The van der Waals surface area contributed by atoms with Gasteiger partial charge in [-0.25, -0.2) is 18.7 Å². The summed E-state index contributed by atoms with van der Waals surface area (Å²) in [6.07, 6.45) is 3.65. The summed E-state index contributed by atoms with van der Waals surface area (Å²) in [5.41, 5.74) is 11.7. The minimum Gasteiger partial charge on any atom is -0.354 e. The summed E-state index contributed by atoms with van der Waals surface area (Å²) in [5, 5.41) is 3.21. The average Bonchev–Trinajstić information content (AvgIpc) is 3.43. The largest absolute Gasteiger partial charge is 0.354 e. The smallest absolute Gasteiger partial charge is 0.321 e. The third-order valence-corrected chi connectivity index (χ3v) is 8.41. The zero-order valence-corrected chi connectivity index (χ0v) is 26.2. The minimum atomic E-state index is -3.01. The van der Waals surface area contributed by atoms with Gasteiger partial charge in [0, 0.05) is 36.3 Å². The molecule has 3 aromatic heterocycles. The van der Waals surface area contributed by atoms with Gasteiger partial charge in [0.15, 0.2) is 0 Å². The zero-order chi connectivity index (χ0) is 35.5. The van der Waals surface area contributed by atoms with Crippen molar-refractivity contribution in [1.29, 1.82) is 0 Å². The highest BCUT2D eigenvalue weighted by atomic mass is 19.3. The molecule has 0 saturated heterocycles. The van der Waals surface area contributed by atoms with Crippen LogP contribution in [0.4, 0.5) is 26.3 Å². The first-order valence-corrected chi connectivity index (χ1v) is 14.9. The van der Waals surface area contributed by atoms with E-state index in [0.717, 1.165) is 12.3 Å². The van der Waals surface area contributed by atoms with Crippen molar-refractivity contribution in [1.82, 2.24) is 19.9 Å². The molecule has 49 heavy (non-hydrogen) atoms. The van der Waals surface area contributed by atoms with Gasteiger partial charge in [-0.05, 0) is 90.7 Å². The van der Waals surface area contributed by atoms with Crippen molar-refractivity contribution in [3.05, 3.63) is 165 Å². The maximum atomic E-state index is 13.9. The van der Waals surface area contributed by atoms with Crippen LogP contribution in [0.1, 0.15) is 48.2 Å². The highest BCUT2D eigenvalue weighted by molar-refractivity contribution is 6.01. The molecule has 1 aliphatic rings. The Morgan fingerprint density at radius 2 is 1.41 bits per heavy atom. The van der Waals surface area contributed by atoms with Crippen molar-refractivity contribution in [2.24, 2.45) is 16.5 Å². The molecule has 0 amide bonds. The molecule has 0 saturated carbocycles. The Balaban J connectivity index is 0.000000212. The number of benzene rings is 2. The van der Waals surface area contributed by atoms with Crippen molar-refractivity contribution in [3.8, 4) is 0 Å². The number of nitrogens with two attached hydrogens (primary N) is 2. The molecule has 4 atom stereocenters. The Morgan fingerprint density at radius 1 is 0.816 bits per heavy atom. The molecule has 2 aromatic carbocycles. The van der Waals surface area contributed by atoms with E-state index in [1.807, 2.05) is 0 Å². The molecular weight excluding hydrogens is 648 g/mol. The van der Waals surface area contributed by atoms with E-state index < -0.39 is 53.0 Å². The van der Waals surface area contributed by atoms with Crippen LogP contribution in [-0.4, -0.2) is 32.5 Å². The Morgan fingerprint density at radius 3 is 1.98 bits per heavy atom. The first kappa shape index (κ1) is 35.0. The highest BCUT2D eigenvalue weighted by Crippen LogP contribution is 2.39. The molecule has 0 radical (unpaired) electrons. The van der Waals surface area contributed by atoms with Crippen LogP contribution in [0, 0.1) is 23.5 Å². The molecule has 0 unspecified atom stereocenters. The zero-order valence-electron chi connectivity index (χ0n) is 26.2. The van der Waals surface area contributed by atoms with Crippen molar-refractivity contribution in [2.75, 3.05) is 0 Å². The van der Waals surface area contributed by atoms with Gasteiger partial charge in [-0.1, -0.05) is 24.3 Å². The number of alkyl halides is 2. The number of halogens is 6. The standard InChI is InChI=1S/C21H16F4N4O.C14H15F2N3/c1-12-21(14-3-5-16(22)6-4-14,15-8-9-26-17(23)10-15)28-19(27-12)13-2-7-18(30)29(11-13)20(24)25;1-9(17)14(18,10-2-4-12(15)5-3-10)11-6-7-19-13(16)8-11/h2-12,20H,1H3,(H,27,28);2-9H,17-18H2,1H3/t12-,21+;9-,14+/m00/s1. The molecule has 6 rings (SSSR count). The van der Waals surface area contributed by atoms with Gasteiger partial charge in [0.1, 0.15) is 23.0 Å². The van der Waals surface area contributed by atoms with Crippen LogP contribution in [0.2, 0.25) is 0 Å². The third-order valence-electron chi connectivity index (χ3n) is 8.41. The second kappa shape index (κ2) is 14.0. The number of pyridine rings is 3. The summed E-state index contributed by atoms with van der Waals surface area (Å²) in [6.45, 7) is 0.486. The van der Waals surface area contributed by atoms with Crippen LogP contribution < -0.4 is 22.3 Å². The van der Waals surface area contributed by atoms with E-state index in [4.69, 9.17) is 11.5 Å². The highest BCUT2D eigenvalue weighted by Gasteiger charge is 2.45. The van der Waals surface area contributed by atoms with Gasteiger partial charge in [-0.15, -0.1) is 0 Å². The average molecular weight is 680 g/mol. The van der Waals surface area contributed by atoms with Crippen LogP contribution >= 0.6 is 0 Å². The lowest BCUT2D eigenvalue weighted by molar-refractivity contribution is 0.0663. The Kier molecular flexibility index (Phi) is 10.0. The fourth-order valence-electron chi connectivity index (χ4n) is 5.79. The van der Waals surface area contributed by atoms with Gasteiger partial charge >= 0.3 is 6.55 Å². The number of nitrogens with one attached hydrogen (secondary N) is 1. The molecule has 0 bridgehead atoms. The van der Waals surface area contributed by atoms with Gasteiger partial charge < -0.3 is 16.8 Å². The fourth-order valence-corrected chi connectivity index (χ4v) is 5.79. The number of rotatable bonds is 7. The van der Waals surface area contributed by atoms with E-state index in [1.54, 1.807) is 50.2 Å². The minimum absolute atomic E-state index is 0.249. The fraction of sp³-hybridized carbons (Fsp3) is 0.200. The lowest BCUT2D eigenvalue weighted by Crippen LogP contribution is -2.51. The number of aromatic nitrogens is 3. The van der Waals surface area contributed by atoms with Crippen molar-refractivity contribution < 1.29 is 26.3 Å². The summed E-state index contributed by atoms with van der Waals surface area (Å²) < 4.78 is 80.4. The Hall–Kier alpha value is -5.34. The molecule has 4 heterocycles. The summed E-state index contributed by atoms with van der Waals surface area (Å²) in [6, 6.07) is 18.5. The van der Waals surface area contributed by atoms with Crippen LogP contribution in [0.5, 0.6) is 0 Å². The van der Waals surface area contributed by atoms with E-state index in [1.165, 1.54) is 54.9 Å². The predicted octanol–water partition coefficient (Wildman–Crippen LogP) is 5.51. The molecular formula is C35H31F6N7O. The maximum Gasteiger partial charge on any atom is 0.321 e. The number of hydrogen-bond donors (Lipinski definition) is 3. The van der Waals surface area contributed by atoms with Crippen LogP contribution in [0.25, 0.3) is 0 Å². The number of hydrogen-bond acceptors (Lipinski definition) is 7. The molecule has 5 N–H and O–H groups in total. The van der Waals surface area contributed by atoms with Gasteiger partial charge in [-0.2, -0.15) is 17.6 Å². The van der Waals surface area contributed by atoms with Crippen molar-refractivity contribution in [3.63, 3.8) is 0 Å². The van der Waals surface area contributed by atoms with Gasteiger partial charge in [-0.3, -0.25) is 14.4 Å². The van der Waals surface area contributed by atoms with Gasteiger partial charge in [0.05, 0.1) is 11.6 Å². The number of aliphatic imine (C=N–C) groups is 1. The molecule has 5 aromatic rings. The summed E-state index contributed by atoms with van der Waals surface area (Å²) in [5.74, 6) is -1.89. The van der Waals surface area contributed by atoms with E-state index in [-0.39, 0.29) is 17.2 Å². The maximum absolute atomic E-state index is 13.9. The SMILES string of the molecule is C[C@@H]1N=C(c2ccc(=O)n(C(F)F)c2)N[C@]1(c1ccc(F)cc1)c1ccnc(F)c1.C[C@H](N)[C@@](N)(c1ccc(F)cc1)c1ccnc(F)c1. The number of amidine groups is 1. The lowest BCUT2D eigenvalue weighted by atomic mass is 9.78. The van der Waals surface area contributed by atoms with Crippen molar-refractivity contribution >= 4 is 5.84 Å². The molecule has 254 valence electrons. The molecule has 0 spiro atoms.